The smallest absolute Gasteiger partial charge is 0.373 e. The number of aromatic nitrogens is 2. The van der Waals surface area contributed by atoms with E-state index in [4.69, 9.17) is 0 Å². The van der Waals surface area contributed by atoms with E-state index in [0.29, 0.717) is 36.7 Å². The SMILES string of the molecule is CC1(O)CCCN(c2nc3sccn3c2[N+](=O)[O-])CC1. The molecule has 0 amide bonds. The van der Waals surface area contributed by atoms with Gasteiger partial charge in [-0.15, -0.1) is 0 Å². The topological polar surface area (TPSA) is 83.9 Å². The molecule has 1 atom stereocenters. The Morgan fingerprint density at radius 3 is 3.05 bits per heavy atom. The van der Waals surface area contributed by atoms with Crippen LogP contribution in [0.4, 0.5) is 11.6 Å². The van der Waals surface area contributed by atoms with E-state index < -0.39 is 5.60 Å². The lowest BCUT2D eigenvalue weighted by atomic mass is 9.98. The summed E-state index contributed by atoms with van der Waals surface area (Å²) in [5.41, 5.74) is -0.694. The summed E-state index contributed by atoms with van der Waals surface area (Å²) in [6.45, 7) is 3.08. The molecule has 3 rings (SSSR count). The van der Waals surface area contributed by atoms with Crippen LogP contribution in [0.2, 0.25) is 0 Å². The molecule has 1 aliphatic rings. The normalized spacial score (nSPS) is 24.0. The quantitative estimate of drug-likeness (QED) is 0.677. The number of imidazole rings is 1. The summed E-state index contributed by atoms with van der Waals surface area (Å²) in [5.74, 6) is 0.433. The first-order valence-corrected chi connectivity index (χ1v) is 7.43. The average Bonchev–Trinajstić information content (AvgIpc) is 2.87. The summed E-state index contributed by atoms with van der Waals surface area (Å²) in [4.78, 5) is 17.9. The van der Waals surface area contributed by atoms with Crippen molar-refractivity contribution in [2.24, 2.45) is 0 Å². The number of hydrogen-bond acceptors (Lipinski definition) is 6. The fourth-order valence-corrected chi connectivity index (χ4v) is 3.32. The zero-order valence-electron chi connectivity index (χ0n) is 11.2. The van der Waals surface area contributed by atoms with Gasteiger partial charge in [0, 0.05) is 18.5 Å². The predicted octanol–water partition coefficient (Wildman–Crippen LogP) is 2.05. The van der Waals surface area contributed by atoms with Gasteiger partial charge < -0.3 is 20.1 Å². The largest absolute Gasteiger partial charge is 0.390 e. The van der Waals surface area contributed by atoms with Crippen molar-refractivity contribution in [1.82, 2.24) is 9.38 Å². The van der Waals surface area contributed by atoms with Gasteiger partial charge >= 0.3 is 5.82 Å². The van der Waals surface area contributed by atoms with Gasteiger partial charge in [0.2, 0.25) is 5.82 Å². The Morgan fingerprint density at radius 2 is 2.30 bits per heavy atom. The number of rotatable bonds is 2. The summed E-state index contributed by atoms with van der Waals surface area (Å²) in [6, 6.07) is 0. The summed E-state index contributed by atoms with van der Waals surface area (Å²) in [5, 5.41) is 23.2. The van der Waals surface area contributed by atoms with E-state index in [9.17, 15) is 15.2 Å². The molecule has 1 N–H and O–H groups in total. The zero-order chi connectivity index (χ0) is 14.3. The number of nitrogens with zero attached hydrogens (tertiary/aromatic N) is 4. The third-order valence-electron chi connectivity index (χ3n) is 3.76. The van der Waals surface area contributed by atoms with Crippen LogP contribution in [0.5, 0.6) is 0 Å². The summed E-state index contributed by atoms with van der Waals surface area (Å²) < 4.78 is 1.52. The minimum Gasteiger partial charge on any atom is -0.390 e. The predicted molar refractivity (Wildman–Crippen MR) is 76.4 cm³/mol. The molecule has 1 saturated heterocycles. The molecule has 20 heavy (non-hydrogen) atoms. The van der Waals surface area contributed by atoms with Gasteiger partial charge in [-0.05, 0) is 31.1 Å². The van der Waals surface area contributed by atoms with E-state index >= 15 is 0 Å². The summed E-state index contributed by atoms with van der Waals surface area (Å²) >= 11 is 1.38. The van der Waals surface area contributed by atoms with Gasteiger partial charge in [0.25, 0.3) is 4.96 Å². The summed E-state index contributed by atoms with van der Waals surface area (Å²) in [6.07, 6.45) is 3.77. The fourth-order valence-electron chi connectivity index (χ4n) is 2.62. The van der Waals surface area contributed by atoms with Crippen LogP contribution in [-0.4, -0.2) is 38.1 Å². The Labute approximate surface area is 119 Å². The second-order valence-electron chi connectivity index (χ2n) is 5.41. The van der Waals surface area contributed by atoms with Crippen molar-refractivity contribution in [1.29, 1.82) is 0 Å². The molecule has 0 radical (unpaired) electrons. The summed E-state index contributed by atoms with van der Waals surface area (Å²) in [7, 11) is 0. The van der Waals surface area contributed by atoms with E-state index in [1.165, 1.54) is 15.7 Å². The van der Waals surface area contributed by atoms with E-state index in [-0.39, 0.29) is 10.7 Å². The Balaban J connectivity index is 1.99. The van der Waals surface area contributed by atoms with Crippen LogP contribution in [0.3, 0.4) is 0 Å². The van der Waals surface area contributed by atoms with Gasteiger partial charge in [0.05, 0.1) is 5.60 Å². The van der Waals surface area contributed by atoms with Crippen molar-refractivity contribution in [3.8, 4) is 0 Å². The first kappa shape index (κ1) is 13.3. The highest BCUT2D eigenvalue weighted by molar-refractivity contribution is 7.15. The Morgan fingerprint density at radius 1 is 1.50 bits per heavy atom. The first-order valence-electron chi connectivity index (χ1n) is 6.55. The molecule has 0 saturated carbocycles. The van der Waals surface area contributed by atoms with Crippen LogP contribution in [0.25, 0.3) is 4.96 Å². The number of fused-ring (bicyclic) bond motifs is 1. The van der Waals surface area contributed by atoms with E-state index in [1.54, 1.807) is 11.6 Å². The van der Waals surface area contributed by atoms with Crippen LogP contribution in [-0.2, 0) is 0 Å². The van der Waals surface area contributed by atoms with Gasteiger partial charge in [-0.25, -0.2) is 0 Å². The number of anilines is 1. The van der Waals surface area contributed by atoms with Crippen LogP contribution in [0.1, 0.15) is 26.2 Å². The molecule has 2 aromatic rings. The van der Waals surface area contributed by atoms with Crippen molar-refractivity contribution in [3.05, 3.63) is 21.7 Å². The molecule has 2 aromatic heterocycles. The fraction of sp³-hybridized carbons (Fsp3) is 0.583. The molecule has 3 heterocycles. The highest BCUT2D eigenvalue weighted by atomic mass is 32.1. The highest BCUT2D eigenvalue weighted by Gasteiger charge is 2.31. The molecule has 1 unspecified atom stereocenters. The average molecular weight is 296 g/mol. The molecule has 0 aromatic carbocycles. The maximum absolute atomic E-state index is 11.3. The van der Waals surface area contributed by atoms with Crippen LogP contribution in [0.15, 0.2) is 11.6 Å². The standard InChI is InChI=1S/C12H16N4O3S/c1-12(17)3-2-5-14(6-4-12)9-10(16(18)19)15-7-8-20-11(15)13-9/h7-8,17H,2-6H2,1H3. The lowest BCUT2D eigenvalue weighted by Gasteiger charge is -2.22. The minimum absolute atomic E-state index is 0.0165. The molecule has 1 aliphatic heterocycles. The number of thiazole rings is 1. The Bertz CT molecular complexity index is 648. The van der Waals surface area contributed by atoms with Gasteiger partial charge in [-0.3, -0.25) is 0 Å². The van der Waals surface area contributed by atoms with Crippen LogP contribution >= 0.6 is 11.3 Å². The van der Waals surface area contributed by atoms with Crippen molar-refractivity contribution in [3.63, 3.8) is 0 Å². The molecule has 0 bridgehead atoms. The maximum Gasteiger partial charge on any atom is 0.373 e. The second kappa shape index (κ2) is 4.71. The van der Waals surface area contributed by atoms with E-state index in [1.807, 2.05) is 11.8 Å². The molecular weight excluding hydrogens is 280 g/mol. The van der Waals surface area contributed by atoms with Crippen LogP contribution < -0.4 is 4.90 Å². The van der Waals surface area contributed by atoms with Crippen LogP contribution in [0, 0.1) is 10.1 Å². The highest BCUT2D eigenvalue weighted by Crippen LogP contribution is 2.33. The molecule has 1 fully saturated rings. The minimum atomic E-state index is -0.694. The van der Waals surface area contributed by atoms with Crippen molar-refractivity contribution in [2.45, 2.75) is 31.8 Å². The maximum atomic E-state index is 11.3. The molecule has 0 aliphatic carbocycles. The lowest BCUT2D eigenvalue weighted by Crippen LogP contribution is -2.28. The van der Waals surface area contributed by atoms with Gasteiger partial charge in [-0.1, -0.05) is 11.3 Å². The number of aliphatic hydroxyl groups is 1. The monoisotopic (exact) mass is 296 g/mol. The van der Waals surface area contributed by atoms with Gasteiger partial charge in [-0.2, -0.15) is 9.38 Å². The molecular formula is C12H16N4O3S. The number of hydrogen-bond donors (Lipinski definition) is 1. The zero-order valence-corrected chi connectivity index (χ0v) is 12.0. The third kappa shape index (κ3) is 2.25. The first-order chi connectivity index (χ1) is 9.48. The van der Waals surface area contributed by atoms with Gasteiger partial charge in [0.15, 0.2) is 0 Å². The molecule has 7 nitrogen and oxygen atoms in total. The van der Waals surface area contributed by atoms with Crippen molar-refractivity contribution < 1.29 is 10.0 Å². The Hall–Kier alpha value is -1.67. The van der Waals surface area contributed by atoms with E-state index in [0.717, 1.165) is 6.42 Å². The van der Waals surface area contributed by atoms with Crippen molar-refractivity contribution >= 4 is 27.9 Å². The van der Waals surface area contributed by atoms with Gasteiger partial charge in [0.1, 0.15) is 6.20 Å². The Kier molecular flexibility index (Phi) is 3.14. The lowest BCUT2D eigenvalue weighted by molar-refractivity contribution is -0.389. The molecule has 108 valence electrons. The van der Waals surface area contributed by atoms with Crippen molar-refractivity contribution in [2.75, 3.05) is 18.0 Å². The third-order valence-corrected chi connectivity index (χ3v) is 4.51. The molecule has 0 spiro atoms. The second-order valence-corrected chi connectivity index (χ2v) is 6.28. The molecule has 8 heteroatoms. The van der Waals surface area contributed by atoms with E-state index in [2.05, 4.69) is 4.98 Å². The number of nitro groups is 1.